The van der Waals surface area contributed by atoms with E-state index in [1.165, 1.54) is 11.4 Å². The minimum Gasteiger partial charge on any atom is -0.326 e. The molecular weight excluding hydrogens is 345 g/mol. The van der Waals surface area contributed by atoms with E-state index in [-0.39, 0.29) is 5.70 Å². The topological polar surface area (TPSA) is 125 Å². The number of nitro benzene ring substituents is 1. The Morgan fingerprint density at radius 2 is 2.08 bits per heavy atom. The molecule has 1 aromatic carbocycles. The molecule has 1 aromatic rings. The van der Waals surface area contributed by atoms with E-state index in [1.807, 2.05) is 5.32 Å². The molecule has 0 radical (unpaired) electrons. The van der Waals surface area contributed by atoms with Gasteiger partial charge in [0.1, 0.15) is 0 Å². The summed E-state index contributed by atoms with van der Waals surface area (Å²) in [5.41, 5.74) is -5.88. The van der Waals surface area contributed by atoms with Crippen molar-refractivity contribution in [2.45, 2.75) is 18.6 Å². The molecular formula is C14H9F3N4O4. The van der Waals surface area contributed by atoms with E-state index in [2.05, 4.69) is 0 Å². The summed E-state index contributed by atoms with van der Waals surface area (Å²) in [5, 5.41) is 23.1. The number of alkyl halides is 3. The SMILES string of the molecule is CC1=C(C#N)C(NC(=O)c2cccc([N+](=O)[O-])c2)(C(F)(F)F)C(=O)N1. The third-order valence-electron chi connectivity index (χ3n) is 3.55. The number of non-ortho nitro benzene ring substituents is 1. The number of amides is 2. The van der Waals surface area contributed by atoms with Crippen molar-refractivity contribution in [3.05, 3.63) is 51.2 Å². The third-order valence-corrected chi connectivity index (χ3v) is 3.55. The molecule has 2 N–H and O–H groups in total. The number of rotatable bonds is 3. The molecule has 1 aliphatic rings. The van der Waals surface area contributed by atoms with Gasteiger partial charge in [0.05, 0.1) is 16.6 Å². The van der Waals surface area contributed by atoms with Crippen molar-refractivity contribution in [3.63, 3.8) is 0 Å². The molecule has 0 aromatic heterocycles. The van der Waals surface area contributed by atoms with E-state index in [0.29, 0.717) is 0 Å². The van der Waals surface area contributed by atoms with E-state index in [9.17, 15) is 32.9 Å². The molecule has 8 nitrogen and oxygen atoms in total. The standard InChI is InChI=1S/C14H9F3N4O4/c1-7-10(6-18)13(12(23)19-7,14(15,16)17)20-11(22)8-3-2-4-9(5-8)21(24)25/h2-5H,1H3,(H,19,23)(H,20,22). The molecule has 0 saturated heterocycles. The number of allylic oxidation sites excluding steroid dienone is 1. The number of carbonyl (C=O) groups is 2. The number of nitrogens with one attached hydrogen (secondary N) is 2. The smallest absolute Gasteiger partial charge is 0.326 e. The lowest BCUT2D eigenvalue weighted by atomic mass is 9.89. The van der Waals surface area contributed by atoms with Crippen LogP contribution < -0.4 is 10.6 Å². The van der Waals surface area contributed by atoms with Crippen molar-refractivity contribution in [1.29, 1.82) is 5.26 Å². The molecule has 0 bridgehead atoms. The Balaban J connectivity index is 2.52. The van der Waals surface area contributed by atoms with Crippen molar-refractivity contribution in [2.24, 2.45) is 0 Å². The Kier molecular flexibility index (Phi) is 4.23. The molecule has 1 heterocycles. The average Bonchev–Trinajstić information content (AvgIpc) is 2.77. The Bertz CT molecular complexity index is 856. The zero-order valence-electron chi connectivity index (χ0n) is 12.5. The predicted molar refractivity (Wildman–Crippen MR) is 75.8 cm³/mol. The lowest BCUT2D eigenvalue weighted by molar-refractivity contribution is -0.384. The van der Waals surface area contributed by atoms with Crippen LogP contribution in [0.2, 0.25) is 0 Å². The molecule has 0 fully saturated rings. The number of nitrogens with zero attached hydrogens (tertiary/aromatic N) is 2. The first-order chi connectivity index (χ1) is 11.5. The maximum absolute atomic E-state index is 13.6. The molecule has 11 heteroatoms. The van der Waals surface area contributed by atoms with Crippen LogP contribution in [0.25, 0.3) is 0 Å². The normalized spacial score (nSPS) is 20.0. The summed E-state index contributed by atoms with van der Waals surface area (Å²) in [7, 11) is 0. The zero-order valence-corrected chi connectivity index (χ0v) is 12.5. The van der Waals surface area contributed by atoms with Crippen molar-refractivity contribution in [3.8, 4) is 6.07 Å². The number of hydrogen-bond donors (Lipinski definition) is 2. The number of nitro groups is 1. The number of halogens is 3. The number of carbonyl (C=O) groups excluding carboxylic acids is 2. The Labute approximate surface area is 138 Å². The van der Waals surface area contributed by atoms with Gasteiger partial charge in [-0.3, -0.25) is 19.7 Å². The molecule has 1 aliphatic heterocycles. The van der Waals surface area contributed by atoms with Gasteiger partial charge in [-0.25, -0.2) is 0 Å². The fourth-order valence-electron chi connectivity index (χ4n) is 2.35. The molecule has 1 unspecified atom stereocenters. The highest BCUT2D eigenvalue weighted by molar-refractivity contribution is 6.04. The van der Waals surface area contributed by atoms with E-state index >= 15 is 0 Å². The van der Waals surface area contributed by atoms with Gasteiger partial charge >= 0.3 is 6.18 Å². The van der Waals surface area contributed by atoms with Crippen molar-refractivity contribution < 1.29 is 27.7 Å². The summed E-state index contributed by atoms with van der Waals surface area (Å²) in [6.45, 7) is 1.09. The summed E-state index contributed by atoms with van der Waals surface area (Å²) >= 11 is 0. The Hall–Kier alpha value is -3.42. The fraction of sp³-hybridized carbons (Fsp3) is 0.214. The highest BCUT2D eigenvalue weighted by atomic mass is 19.4. The van der Waals surface area contributed by atoms with Gasteiger partial charge in [0.2, 0.25) is 0 Å². The minimum atomic E-state index is -5.31. The lowest BCUT2D eigenvalue weighted by Gasteiger charge is -2.30. The molecule has 130 valence electrons. The van der Waals surface area contributed by atoms with Gasteiger partial charge in [-0.2, -0.15) is 18.4 Å². The van der Waals surface area contributed by atoms with Crippen LogP contribution >= 0.6 is 0 Å². The lowest BCUT2D eigenvalue weighted by Crippen LogP contribution is -2.64. The maximum Gasteiger partial charge on any atom is 0.425 e. The van der Waals surface area contributed by atoms with Gasteiger partial charge in [-0.1, -0.05) is 6.07 Å². The summed E-state index contributed by atoms with van der Waals surface area (Å²) in [6, 6.07) is 5.23. The second-order valence-electron chi connectivity index (χ2n) is 5.08. The quantitative estimate of drug-likeness (QED) is 0.629. The molecule has 0 aliphatic carbocycles. The second-order valence-corrected chi connectivity index (χ2v) is 5.08. The summed E-state index contributed by atoms with van der Waals surface area (Å²) < 4.78 is 40.8. The van der Waals surface area contributed by atoms with Gasteiger partial charge in [0.15, 0.2) is 0 Å². The summed E-state index contributed by atoms with van der Waals surface area (Å²) in [5.74, 6) is -3.02. The highest BCUT2D eigenvalue weighted by Crippen LogP contribution is 2.40. The summed E-state index contributed by atoms with van der Waals surface area (Å²) in [4.78, 5) is 34.0. The van der Waals surface area contributed by atoms with Crippen LogP contribution in [-0.2, 0) is 4.79 Å². The van der Waals surface area contributed by atoms with Crippen molar-refractivity contribution >= 4 is 17.5 Å². The average molecular weight is 354 g/mol. The number of benzene rings is 1. The second kappa shape index (κ2) is 5.90. The van der Waals surface area contributed by atoms with Crippen LogP contribution in [0.5, 0.6) is 0 Å². The molecule has 2 rings (SSSR count). The summed E-state index contributed by atoms with van der Waals surface area (Å²) in [6.07, 6.45) is -5.31. The molecule has 1 atom stereocenters. The molecule has 2 amide bonds. The fourth-order valence-corrected chi connectivity index (χ4v) is 2.35. The van der Waals surface area contributed by atoms with Gasteiger partial charge in [0, 0.05) is 23.4 Å². The van der Waals surface area contributed by atoms with Crippen LogP contribution in [0.15, 0.2) is 35.5 Å². The first-order valence-electron chi connectivity index (χ1n) is 6.61. The van der Waals surface area contributed by atoms with Crippen LogP contribution in [0.1, 0.15) is 17.3 Å². The van der Waals surface area contributed by atoms with Gasteiger partial charge in [-0.15, -0.1) is 0 Å². The van der Waals surface area contributed by atoms with Crippen molar-refractivity contribution in [1.82, 2.24) is 10.6 Å². The van der Waals surface area contributed by atoms with E-state index in [0.717, 1.165) is 31.2 Å². The largest absolute Gasteiger partial charge is 0.425 e. The van der Waals surface area contributed by atoms with Gasteiger partial charge in [0.25, 0.3) is 23.0 Å². The Morgan fingerprint density at radius 1 is 1.44 bits per heavy atom. The van der Waals surface area contributed by atoms with E-state index in [4.69, 9.17) is 5.26 Å². The van der Waals surface area contributed by atoms with Gasteiger partial charge < -0.3 is 10.6 Å². The van der Waals surface area contributed by atoms with E-state index < -0.39 is 45.3 Å². The minimum absolute atomic E-state index is 0.343. The monoisotopic (exact) mass is 354 g/mol. The van der Waals surface area contributed by atoms with Gasteiger partial charge in [-0.05, 0) is 13.0 Å². The zero-order chi connectivity index (χ0) is 19.0. The van der Waals surface area contributed by atoms with E-state index in [1.54, 1.807) is 0 Å². The van der Waals surface area contributed by atoms with Crippen LogP contribution in [0.4, 0.5) is 18.9 Å². The molecule has 0 saturated carbocycles. The first-order valence-corrected chi connectivity index (χ1v) is 6.61. The first kappa shape index (κ1) is 17.9. The van der Waals surface area contributed by atoms with Crippen LogP contribution in [0, 0.1) is 21.4 Å². The molecule has 0 spiro atoms. The third kappa shape index (κ3) is 2.78. The highest BCUT2D eigenvalue weighted by Gasteiger charge is 2.67. The van der Waals surface area contributed by atoms with Crippen LogP contribution in [0.3, 0.4) is 0 Å². The Morgan fingerprint density at radius 3 is 2.60 bits per heavy atom. The number of hydrogen-bond acceptors (Lipinski definition) is 5. The predicted octanol–water partition coefficient (Wildman–Crippen LogP) is 1.55. The maximum atomic E-state index is 13.6. The van der Waals surface area contributed by atoms with Crippen molar-refractivity contribution in [2.75, 3.05) is 0 Å². The molecule has 25 heavy (non-hydrogen) atoms. The number of nitriles is 1. The van der Waals surface area contributed by atoms with Crippen LogP contribution in [-0.4, -0.2) is 28.5 Å².